The summed E-state index contributed by atoms with van der Waals surface area (Å²) in [6.45, 7) is 1.38. The van der Waals surface area contributed by atoms with Crippen molar-refractivity contribution in [1.29, 1.82) is 0 Å². The van der Waals surface area contributed by atoms with Gasteiger partial charge in [0.25, 0.3) is 5.91 Å². The van der Waals surface area contributed by atoms with E-state index >= 15 is 0 Å². The molecule has 2 heterocycles. The maximum absolute atomic E-state index is 12.8. The smallest absolute Gasteiger partial charge is 0.270 e. The lowest BCUT2D eigenvalue weighted by atomic mass is 10.1. The molecule has 1 N–H and O–H groups in total. The van der Waals surface area contributed by atoms with E-state index in [0.29, 0.717) is 25.3 Å². The van der Waals surface area contributed by atoms with Crippen LogP contribution in [-0.2, 0) is 14.3 Å². The normalized spacial score (nSPS) is 29.1. The van der Waals surface area contributed by atoms with Crippen molar-refractivity contribution >= 4 is 17.5 Å². The summed E-state index contributed by atoms with van der Waals surface area (Å²) in [7, 11) is 0. The van der Waals surface area contributed by atoms with Crippen LogP contribution in [0.1, 0.15) is 38.5 Å². The van der Waals surface area contributed by atoms with Crippen molar-refractivity contribution in [3.8, 4) is 0 Å². The van der Waals surface area contributed by atoms with Gasteiger partial charge in [0.15, 0.2) is 0 Å². The van der Waals surface area contributed by atoms with Crippen LogP contribution < -0.4 is 0 Å². The Morgan fingerprint density at radius 1 is 1.32 bits per heavy atom. The Labute approximate surface area is 129 Å². The molecule has 2 fully saturated rings. The Bertz CT molecular complexity index is 479. The number of hydrazone groups is 1. The van der Waals surface area contributed by atoms with Gasteiger partial charge < -0.3 is 14.7 Å². The third kappa shape index (κ3) is 3.01. The van der Waals surface area contributed by atoms with E-state index in [-0.39, 0.29) is 43.5 Å². The van der Waals surface area contributed by atoms with Crippen LogP contribution in [0.15, 0.2) is 5.10 Å². The van der Waals surface area contributed by atoms with Crippen LogP contribution in [0.3, 0.4) is 0 Å². The number of fused-ring (bicyclic) bond motifs is 1. The van der Waals surface area contributed by atoms with E-state index in [1.54, 1.807) is 0 Å². The van der Waals surface area contributed by atoms with Crippen LogP contribution in [0.25, 0.3) is 0 Å². The van der Waals surface area contributed by atoms with Crippen LogP contribution in [0.5, 0.6) is 0 Å². The Balaban J connectivity index is 1.77. The molecule has 2 atom stereocenters. The number of aliphatic hydroxyl groups excluding tert-OH is 1. The van der Waals surface area contributed by atoms with Gasteiger partial charge in [0.1, 0.15) is 5.71 Å². The number of rotatable bonds is 3. The largest absolute Gasteiger partial charge is 0.394 e. The van der Waals surface area contributed by atoms with Crippen molar-refractivity contribution in [2.24, 2.45) is 5.10 Å². The van der Waals surface area contributed by atoms with Gasteiger partial charge in [0.2, 0.25) is 5.91 Å². The Kier molecular flexibility index (Phi) is 4.73. The number of hydrogen-bond donors (Lipinski definition) is 1. The van der Waals surface area contributed by atoms with E-state index < -0.39 is 0 Å². The number of carbonyl (C=O) groups excluding carboxylic acids is 2. The highest BCUT2D eigenvalue weighted by molar-refractivity contribution is 6.39. The number of nitrogens with zero attached hydrogens (tertiary/aromatic N) is 3. The standard InChI is InChI=1S/C15H23N3O4/c19-9-8-18-14(20)6-5-11(16-18)15(21)17-7-2-10-22-13-4-1-3-12(13)17/h12-13,19H,1-10H2/t12-,13-/m1/s1. The van der Waals surface area contributed by atoms with Gasteiger partial charge in [0, 0.05) is 26.0 Å². The maximum atomic E-state index is 12.8. The lowest BCUT2D eigenvalue weighted by Crippen LogP contribution is -2.48. The minimum absolute atomic E-state index is 0.0714. The van der Waals surface area contributed by atoms with E-state index in [1.165, 1.54) is 5.01 Å². The van der Waals surface area contributed by atoms with Gasteiger partial charge >= 0.3 is 0 Å². The van der Waals surface area contributed by atoms with Gasteiger partial charge in [-0.05, 0) is 25.7 Å². The highest BCUT2D eigenvalue weighted by Crippen LogP contribution is 2.29. The second-order valence-corrected chi connectivity index (χ2v) is 6.05. The number of β-amino-alcohol motifs (C(OH)–C–C–N with tert-alkyl or cyclic N) is 1. The van der Waals surface area contributed by atoms with Gasteiger partial charge in [-0.2, -0.15) is 5.10 Å². The van der Waals surface area contributed by atoms with Crippen molar-refractivity contribution in [2.45, 2.75) is 50.7 Å². The molecule has 0 aromatic carbocycles. The predicted octanol–water partition coefficient (Wildman–Crippen LogP) is 0.127. The number of aliphatic hydroxyl groups is 1. The topological polar surface area (TPSA) is 82.4 Å². The second-order valence-electron chi connectivity index (χ2n) is 6.05. The third-order valence-corrected chi connectivity index (χ3v) is 4.62. The van der Waals surface area contributed by atoms with Crippen molar-refractivity contribution in [3.05, 3.63) is 0 Å². The number of hydrogen-bond acceptors (Lipinski definition) is 5. The van der Waals surface area contributed by atoms with Crippen LogP contribution in [0.4, 0.5) is 0 Å². The molecule has 0 aromatic heterocycles. The minimum atomic E-state index is -0.154. The van der Waals surface area contributed by atoms with E-state index in [0.717, 1.165) is 25.7 Å². The number of amides is 2. The molecule has 0 spiro atoms. The van der Waals surface area contributed by atoms with Gasteiger partial charge in [-0.15, -0.1) is 0 Å². The molecule has 0 bridgehead atoms. The van der Waals surface area contributed by atoms with E-state index in [4.69, 9.17) is 9.84 Å². The van der Waals surface area contributed by atoms with Gasteiger partial charge in [-0.25, -0.2) is 5.01 Å². The number of ether oxygens (including phenoxy) is 1. The molecule has 2 aliphatic heterocycles. The lowest BCUT2D eigenvalue weighted by molar-refractivity contribution is -0.133. The molecule has 7 heteroatoms. The summed E-state index contributed by atoms with van der Waals surface area (Å²) in [4.78, 5) is 26.5. The molecule has 1 aliphatic carbocycles. The quantitative estimate of drug-likeness (QED) is 0.803. The average molecular weight is 309 g/mol. The Morgan fingerprint density at radius 2 is 2.18 bits per heavy atom. The van der Waals surface area contributed by atoms with Crippen molar-refractivity contribution in [1.82, 2.24) is 9.91 Å². The molecule has 22 heavy (non-hydrogen) atoms. The average Bonchev–Trinajstić information content (AvgIpc) is 2.89. The van der Waals surface area contributed by atoms with Gasteiger partial charge in [-0.3, -0.25) is 9.59 Å². The summed E-state index contributed by atoms with van der Waals surface area (Å²) in [6.07, 6.45) is 4.72. The summed E-state index contributed by atoms with van der Waals surface area (Å²) in [5, 5.41) is 14.4. The third-order valence-electron chi connectivity index (χ3n) is 4.62. The maximum Gasteiger partial charge on any atom is 0.270 e. The van der Waals surface area contributed by atoms with E-state index in [1.807, 2.05) is 4.90 Å². The summed E-state index contributed by atoms with van der Waals surface area (Å²) in [6, 6.07) is 0.140. The van der Waals surface area contributed by atoms with E-state index in [9.17, 15) is 9.59 Å². The number of carbonyl (C=O) groups is 2. The molecule has 122 valence electrons. The summed E-state index contributed by atoms with van der Waals surface area (Å²) >= 11 is 0. The molecule has 3 rings (SSSR count). The van der Waals surface area contributed by atoms with Crippen LogP contribution in [-0.4, -0.2) is 71.0 Å². The first kappa shape index (κ1) is 15.4. The Morgan fingerprint density at radius 3 is 3.00 bits per heavy atom. The van der Waals surface area contributed by atoms with Crippen molar-refractivity contribution in [3.63, 3.8) is 0 Å². The fraction of sp³-hybridized carbons (Fsp3) is 0.800. The second kappa shape index (κ2) is 6.75. The highest BCUT2D eigenvalue weighted by Gasteiger charge is 2.39. The molecule has 1 saturated carbocycles. The zero-order valence-electron chi connectivity index (χ0n) is 12.7. The fourth-order valence-electron chi connectivity index (χ4n) is 3.54. The highest BCUT2D eigenvalue weighted by atomic mass is 16.5. The lowest BCUT2D eigenvalue weighted by Gasteiger charge is -2.32. The molecule has 0 aromatic rings. The monoisotopic (exact) mass is 309 g/mol. The first-order chi connectivity index (χ1) is 10.7. The Hall–Kier alpha value is -1.47. The zero-order valence-corrected chi connectivity index (χ0v) is 12.7. The fourth-order valence-corrected chi connectivity index (χ4v) is 3.54. The van der Waals surface area contributed by atoms with Crippen molar-refractivity contribution < 1.29 is 19.4 Å². The molecule has 0 radical (unpaired) electrons. The first-order valence-corrected chi connectivity index (χ1v) is 8.12. The first-order valence-electron chi connectivity index (χ1n) is 8.12. The SMILES string of the molecule is O=C1CCC(C(=O)N2CCCO[C@@H]3CCC[C@H]32)=NN1CCO. The molecular weight excluding hydrogens is 286 g/mol. The van der Waals surface area contributed by atoms with Crippen LogP contribution in [0, 0.1) is 0 Å². The minimum Gasteiger partial charge on any atom is -0.394 e. The molecule has 7 nitrogen and oxygen atoms in total. The molecule has 3 aliphatic rings. The molecule has 1 saturated heterocycles. The van der Waals surface area contributed by atoms with Crippen LogP contribution in [0.2, 0.25) is 0 Å². The zero-order chi connectivity index (χ0) is 15.5. The van der Waals surface area contributed by atoms with Gasteiger partial charge in [-0.1, -0.05) is 0 Å². The van der Waals surface area contributed by atoms with Crippen LogP contribution >= 0.6 is 0 Å². The molecular formula is C15H23N3O4. The van der Waals surface area contributed by atoms with Gasteiger partial charge in [0.05, 0.1) is 25.3 Å². The van der Waals surface area contributed by atoms with E-state index in [2.05, 4.69) is 5.10 Å². The summed E-state index contributed by atoms with van der Waals surface area (Å²) < 4.78 is 5.84. The summed E-state index contributed by atoms with van der Waals surface area (Å²) in [5.41, 5.74) is 0.431. The van der Waals surface area contributed by atoms with Crippen molar-refractivity contribution in [2.75, 3.05) is 26.3 Å². The molecule has 0 unspecified atom stereocenters. The molecule has 2 amide bonds. The summed E-state index contributed by atoms with van der Waals surface area (Å²) in [5.74, 6) is -0.207. The predicted molar refractivity (Wildman–Crippen MR) is 79.2 cm³/mol.